The zero-order valence-electron chi connectivity index (χ0n) is 8.33. The van der Waals surface area contributed by atoms with Crippen molar-refractivity contribution in [3.05, 3.63) is 34.6 Å². The Bertz CT molecular complexity index is 431. The molecule has 0 saturated heterocycles. The number of nitrogens with two attached hydrogens (primary N) is 1. The van der Waals surface area contributed by atoms with Gasteiger partial charge in [0.25, 0.3) is 0 Å². The molecular weight excluding hydrogens is 197 g/mol. The fourth-order valence-corrected chi connectivity index (χ4v) is 2.31. The topological polar surface area (TPSA) is 63.3 Å². The zero-order valence-corrected chi connectivity index (χ0v) is 8.33. The van der Waals surface area contributed by atoms with Gasteiger partial charge in [-0.25, -0.2) is 9.18 Å². The van der Waals surface area contributed by atoms with E-state index < -0.39 is 5.97 Å². The third kappa shape index (κ3) is 1.41. The Kier molecular flexibility index (Phi) is 2.23. The molecule has 0 bridgehead atoms. The van der Waals surface area contributed by atoms with E-state index in [1.807, 2.05) is 6.92 Å². The van der Waals surface area contributed by atoms with Crippen LogP contribution in [0, 0.1) is 5.82 Å². The average Bonchev–Trinajstić information content (AvgIpc) is 2.43. The molecule has 0 aromatic heterocycles. The predicted molar refractivity (Wildman–Crippen MR) is 53.3 cm³/mol. The van der Waals surface area contributed by atoms with Crippen LogP contribution in [-0.4, -0.2) is 11.1 Å². The minimum absolute atomic E-state index is 0.00528. The number of halogens is 1. The molecule has 4 heteroatoms. The summed E-state index contributed by atoms with van der Waals surface area (Å²) in [4.78, 5) is 10.9. The van der Waals surface area contributed by atoms with E-state index >= 15 is 0 Å². The van der Waals surface area contributed by atoms with Crippen LogP contribution in [0.4, 0.5) is 4.39 Å². The van der Waals surface area contributed by atoms with Gasteiger partial charge in [0, 0.05) is 6.04 Å². The summed E-state index contributed by atoms with van der Waals surface area (Å²) < 4.78 is 13.5. The number of carboxylic acids is 1. The van der Waals surface area contributed by atoms with E-state index in [9.17, 15) is 9.18 Å². The normalized spacial score (nSPS) is 23.9. The minimum atomic E-state index is -1.05. The highest BCUT2D eigenvalue weighted by Gasteiger charge is 2.32. The maximum Gasteiger partial charge on any atom is 0.336 e. The number of hydrogen-bond donors (Lipinski definition) is 2. The highest BCUT2D eigenvalue weighted by Crippen LogP contribution is 2.41. The largest absolute Gasteiger partial charge is 0.478 e. The quantitative estimate of drug-likeness (QED) is 0.743. The van der Waals surface area contributed by atoms with E-state index in [4.69, 9.17) is 10.8 Å². The molecule has 0 amide bonds. The van der Waals surface area contributed by atoms with Gasteiger partial charge in [0.05, 0.1) is 5.56 Å². The summed E-state index contributed by atoms with van der Waals surface area (Å²) in [5.74, 6) is -1.40. The number of rotatable bonds is 1. The lowest BCUT2D eigenvalue weighted by Crippen LogP contribution is -2.12. The monoisotopic (exact) mass is 209 g/mol. The maximum atomic E-state index is 13.5. The Morgan fingerprint density at radius 3 is 2.80 bits per heavy atom. The van der Waals surface area contributed by atoms with E-state index in [0.717, 1.165) is 0 Å². The molecule has 1 aromatic carbocycles. The number of hydrogen-bond acceptors (Lipinski definition) is 2. The Balaban J connectivity index is 2.70. The third-order valence-electron chi connectivity index (χ3n) is 2.94. The van der Waals surface area contributed by atoms with Gasteiger partial charge >= 0.3 is 5.97 Å². The van der Waals surface area contributed by atoms with Gasteiger partial charge in [-0.1, -0.05) is 6.92 Å². The Labute approximate surface area is 86.7 Å². The average molecular weight is 209 g/mol. The molecule has 0 fully saturated rings. The number of carbonyl (C=O) groups is 1. The van der Waals surface area contributed by atoms with E-state index in [0.29, 0.717) is 17.5 Å². The van der Waals surface area contributed by atoms with Gasteiger partial charge in [-0.05, 0) is 35.6 Å². The molecule has 3 nitrogen and oxygen atoms in total. The first-order chi connectivity index (χ1) is 7.02. The predicted octanol–water partition coefficient (Wildman–Crippen LogP) is 2.03. The van der Waals surface area contributed by atoms with E-state index in [2.05, 4.69) is 0 Å². The lowest BCUT2D eigenvalue weighted by atomic mass is 9.98. The standard InChI is InChI=1S/C11H12FNO2/c1-5-4-8(13)10-6(11(14)15)2-3-7(12)9(5)10/h2-3,5,8H,4,13H2,1H3,(H,14,15)/t5-,8+/m1/s1. The van der Waals surface area contributed by atoms with Crippen LogP contribution in [0.5, 0.6) is 0 Å². The van der Waals surface area contributed by atoms with Gasteiger partial charge in [0.15, 0.2) is 0 Å². The molecule has 2 atom stereocenters. The molecule has 0 heterocycles. The first-order valence-corrected chi connectivity index (χ1v) is 4.83. The number of carboxylic acid groups (broad SMARTS) is 1. The van der Waals surface area contributed by atoms with Crippen LogP contribution in [0.2, 0.25) is 0 Å². The van der Waals surface area contributed by atoms with E-state index in [1.165, 1.54) is 12.1 Å². The smallest absolute Gasteiger partial charge is 0.336 e. The number of benzene rings is 1. The van der Waals surface area contributed by atoms with Crippen molar-refractivity contribution in [1.29, 1.82) is 0 Å². The van der Waals surface area contributed by atoms with Gasteiger partial charge < -0.3 is 10.8 Å². The Morgan fingerprint density at radius 2 is 2.20 bits per heavy atom. The second-order valence-electron chi connectivity index (χ2n) is 3.97. The first kappa shape index (κ1) is 10.1. The molecule has 3 N–H and O–H groups in total. The van der Waals surface area contributed by atoms with Crippen molar-refractivity contribution < 1.29 is 14.3 Å². The molecule has 0 aliphatic heterocycles. The summed E-state index contributed by atoms with van der Waals surface area (Å²) >= 11 is 0. The fraction of sp³-hybridized carbons (Fsp3) is 0.364. The SMILES string of the molecule is C[C@@H]1C[C@H](N)c2c(C(=O)O)ccc(F)c21. The van der Waals surface area contributed by atoms with E-state index in [1.54, 1.807) is 0 Å². The van der Waals surface area contributed by atoms with Crippen LogP contribution in [0.25, 0.3) is 0 Å². The van der Waals surface area contributed by atoms with Crippen LogP contribution < -0.4 is 5.73 Å². The number of aromatic carboxylic acids is 1. The second kappa shape index (κ2) is 3.31. The molecule has 0 unspecified atom stereocenters. The van der Waals surface area contributed by atoms with Crippen LogP contribution in [-0.2, 0) is 0 Å². The summed E-state index contributed by atoms with van der Waals surface area (Å²) in [7, 11) is 0. The van der Waals surface area contributed by atoms with Crippen molar-refractivity contribution in [3.8, 4) is 0 Å². The van der Waals surface area contributed by atoms with Gasteiger partial charge in [0.2, 0.25) is 0 Å². The van der Waals surface area contributed by atoms with Gasteiger partial charge in [-0.3, -0.25) is 0 Å². The summed E-state index contributed by atoms with van der Waals surface area (Å²) in [5, 5.41) is 8.97. The maximum absolute atomic E-state index is 13.5. The summed E-state index contributed by atoms with van der Waals surface area (Å²) in [6, 6.07) is 2.13. The van der Waals surface area contributed by atoms with Crippen molar-refractivity contribution in [1.82, 2.24) is 0 Å². The molecule has 2 rings (SSSR count). The molecule has 1 aliphatic carbocycles. The highest BCUT2D eigenvalue weighted by atomic mass is 19.1. The molecule has 15 heavy (non-hydrogen) atoms. The molecule has 1 aromatic rings. The lowest BCUT2D eigenvalue weighted by Gasteiger charge is -2.09. The van der Waals surface area contributed by atoms with Crippen LogP contribution >= 0.6 is 0 Å². The molecule has 0 radical (unpaired) electrons. The Hall–Kier alpha value is -1.42. The van der Waals surface area contributed by atoms with Crippen molar-refractivity contribution in [2.75, 3.05) is 0 Å². The fourth-order valence-electron chi connectivity index (χ4n) is 2.31. The molecule has 0 spiro atoms. The van der Waals surface area contributed by atoms with Crippen LogP contribution in [0.1, 0.15) is 46.8 Å². The lowest BCUT2D eigenvalue weighted by molar-refractivity contribution is 0.0695. The van der Waals surface area contributed by atoms with Gasteiger partial charge in [-0.2, -0.15) is 0 Å². The molecule has 80 valence electrons. The number of fused-ring (bicyclic) bond motifs is 1. The van der Waals surface area contributed by atoms with Gasteiger partial charge in [-0.15, -0.1) is 0 Å². The third-order valence-corrected chi connectivity index (χ3v) is 2.94. The van der Waals surface area contributed by atoms with Crippen LogP contribution in [0.3, 0.4) is 0 Å². The summed E-state index contributed by atoms with van der Waals surface area (Å²) in [5.41, 5.74) is 6.88. The zero-order chi connectivity index (χ0) is 11.2. The van der Waals surface area contributed by atoms with Crippen molar-refractivity contribution >= 4 is 5.97 Å². The minimum Gasteiger partial charge on any atom is -0.478 e. The summed E-state index contributed by atoms with van der Waals surface area (Å²) in [6.07, 6.45) is 0.608. The first-order valence-electron chi connectivity index (χ1n) is 4.83. The highest BCUT2D eigenvalue weighted by molar-refractivity contribution is 5.90. The molecular formula is C11H12FNO2. The molecule has 0 saturated carbocycles. The second-order valence-corrected chi connectivity index (χ2v) is 3.97. The molecule has 1 aliphatic rings. The van der Waals surface area contributed by atoms with E-state index in [-0.39, 0.29) is 23.3 Å². The summed E-state index contributed by atoms with van der Waals surface area (Å²) in [6.45, 7) is 1.86. The Morgan fingerprint density at radius 1 is 1.53 bits per heavy atom. The van der Waals surface area contributed by atoms with Crippen molar-refractivity contribution in [2.45, 2.75) is 25.3 Å². The van der Waals surface area contributed by atoms with Crippen molar-refractivity contribution in [3.63, 3.8) is 0 Å². The van der Waals surface area contributed by atoms with Crippen LogP contribution in [0.15, 0.2) is 12.1 Å². The van der Waals surface area contributed by atoms with Crippen molar-refractivity contribution in [2.24, 2.45) is 5.73 Å². The van der Waals surface area contributed by atoms with Gasteiger partial charge in [0.1, 0.15) is 5.82 Å².